The third-order valence-electron chi connectivity index (χ3n) is 5.90. The maximum absolute atomic E-state index is 12.5. The summed E-state index contributed by atoms with van der Waals surface area (Å²) in [6.45, 7) is 8.28. The first kappa shape index (κ1) is 21.2. The van der Waals surface area contributed by atoms with Crippen LogP contribution in [0.25, 0.3) is 11.0 Å². The molecule has 0 aliphatic carbocycles. The van der Waals surface area contributed by atoms with Gasteiger partial charge in [-0.15, -0.1) is 0 Å². The first-order valence-corrected chi connectivity index (χ1v) is 10.8. The number of hydrogen-bond acceptors (Lipinski definition) is 5. The summed E-state index contributed by atoms with van der Waals surface area (Å²) in [5.74, 6) is 1.27. The number of aromatic nitrogens is 4. The van der Waals surface area contributed by atoms with Crippen LogP contribution in [-0.4, -0.2) is 43.2 Å². The second-order valence-corrected chi connectivity index (χ2v) is 8.92. The van der Waals surface area contributed by atoms with Gasteiger partial charge in [0.25, 0.3) is 5.56 Å². The van der Waals surface area contributed by atoms with Crippen LogP contribution in [0, 0.1) is 11.8 Å². The number of piperidine rings is 1. The van der Waals surface area contributed by atoms with E-state index in [1.807, 2.05) is 0 Å². The van der Waals surface area contributed by atoms with Gasteiger partial charge in [0.2, 0.25) is 5.91 Å². The highest BCUT2D eigenvalue weighted by Crippen LogP contribution is 2.22. The predicted octanol–water partition coefficient (Wildman–Crippen LogP) is 1.92. The molecule has 8 nitrogen and oxygen atoms in total. The summed E-state index contributed by atoms with van der Waals surface area (Å²) >= 11 is 0. The van der Waals surface area contributed by atoms with E-state index in [2.05, 4.69) is 58.4 Å². The van der Waals surface area contributed by atoms with Gasteiger partial charge in [-0.25, -0.2) is 4.98 Å². The fraction of sp³-hybridized carbons (Fsp3) is 0.478. The Kier molecular flexibility index (Phi) is 6.18. The number of nitrogens with one attached hydrogen (secondary N) is 1. The van der Waals surface area contributed by atoms with E-state index in [4.69, 9.17) is 0 Å². The highest BCUT2D eigenvalue weighted by Gasteiger charge is 2.21. The van der Waals surface area contributed by atoms with Crippen LogP contribution < -0.4 is 10.9 Å². The molecular weight excluding hydrogens is 392 g/mol. The van der Waals surface area contributed by atoms with Crippen LogP contribution in [0.1, 0.15) is 31.4 Å². The minimum atomic E-state index is -0.265. The predicted molar refractivity (Wildman–Crippen MR) is 119 cm³/mol. The molecule has 8 heteroatoms. The molecule has 2 aromatic heterocycles. The number of amides is 1. The Balaban J connectivity index is 1.30. The minimum absolute atomic E-state index is 0.0694. The molecule has 1 amide bonds. The zero-order chi connectivity index (χ0) is 22.0. The minimum Gasteiger partial charge on any atom is -0.350 e. The van der Waals surface area contributed by atoms with E-state index in [0.717, 1.165) is 37.0 Å². The monoisotopic (exact) mass is 422 g/mol. The van der Waals surface area contributed by atoms with Gasteiger partial charge in [-0.05, 0) is 29.4 Å². The second-order valence-electron chi connectivity index (χ2n) is 8.92. The number of fused-ring (bicyclic) bond motifs is 1. The number of likely N-dealkylation sites (tertiary alicyclic amines) is 1. The SMILES string of the molecule is C[C@@H]1C[C@H](C)CN(Cc2ccc(CNC(=O)Cn3cnc4c(cnn4C)c3=O)cc2)C1. The van der Waals surface area contributed by atoms with Gasteiger partial charge in [0.15, 0.2) is 5.65 Å². The maximum Gasteiger partial charge on any atom is 0.264 e. The molecule has 1 N–H and O–H groups in total. The number of carbonyl (C=O) groups excluding carboxylic acids is 1. The van der Waals surface area contributed by atoms with E-state index in [1.165, 1.54) is 33.8 Å². The normalized spacial score (nSPS) is 19.6. The molecular formula is C23H30N6O2. The van der Waals surface area contributed by atoms with Crippen LogP contribution in [-0.2, 0) is 31.5 Å². The zero-order valence-electron chi connectivity index (χ0n) is 18.4. The van der Waals surface area contributed by atoms with Crippen LogP contribution in [0.3, 0.4) is 0 Å². The fourth-order valence-electron chi connectivity index (χ4n) is 4.53. The summed E-state index contributed by atoms with van der Waals surface area (Å²) in [4.78, 5) is 31.6. The molecule has 4 rings (SSSR count). The molecule has 0 unspecified atom stereocenters. The van der Waals surface area contributed by atoms with Crippen molar-refractivity contribution >= 4 is 16.9 Å². The standard InChI is InChI=1S/C23H30N6O2/c1-16-8-17(2)12-28(11-16)13-19-6-4-18(5-7-19)9-24-21(30)14-29-15-25-22-20(23(29)31)10-26-27(22)3/h4-7,10,15-17H,8-9,11-14H2,1-3H3,(H,24,30)/t16-,17+. The summed E-state index contributed by atoms with van der Waals surface area (Å²) in [7, 11) is 1.73. The topological polar surface area (TPSA) is 85.1 Å². The van der Waals surface area contributed by atoms with Gasteiger partial charge in [0.05, 0.1) is 6.20 Å². The lowest BCUT2D eigenvalue weighted by molar-refractivity contribution is -0.121. The number of aryl methyl sites for hydroxylation is 1. The van der Waals surface area contributed by atoms with Crippen molar-refractivity contribution in [2.45, 2.75) is 39.9 Å². The smallest absolute Gasteiger partial charge is 0.264 e. The second kappa shape index (κ2) is 9.01. The molecule has 1 aliphatic rings. The van der Waals surface area contributed by atoms with Crippen molar-refractivity contribution < 1.29 is 4.79 Å². The first-order valence-electron chi connectivity index (χ1n) is 10.8. The van der Waals surface area contributed by atoms with Crippen molar-refractivity contribution in [3.8, 4) is 0 Å². The van der Waals surface area contributed by atoms with Crippen molar-refractivity contribution in [3.63, 3.8) is 0 Å². The van der Waals surface area contributed by atoms with Gasteiger partial charge in [-0.2, -0.15) is 5.10 Å². The molecule has 0 radical (unpaired) electrons. The number of hydrogen-bond donors (Lipinski definition) is 1. The third-order valence-corrected chi connectivity index (χ3v) is 5.90. The number of benzene rings is 1. The van der Waals surface area contributed by atoms with Crippen LogP contribution in [0.15, 0.2) is 41.6 Å². The number of carbonyl (C=O) groups is 1. The van der Waals surface area contributed by atoms with Crippen molar-refractivity contribution in [3.05, 3.63) is 58.3 Å². The molecule has 1 aliphatic heterocycles. The van der Waals surface area contributed by atoms with E-state index in [-0.39, 0.29) is 18.0 Å². The molecule has 3 aromatic rings. The highest BCUT2D eigenvalue weighted by atomic mass is 16.2. The van der Waals surface area contributed by atoms with Gasteiger partial charge in [0, 0.05) is 33.2 Å². The van der Waals surface area contributed by atoms with E-state index >= 15 is 0 Å². The molecule has 1 saturated heterocycles. The van der Waals surface area contributed by atoms with Crippen LogP contribution in [0.5, 0.6) is 0 Å². The van der Waals surface area contributed by atoms with Gasteiger partial charge in [0.1, 0.15) is 18.3 Å². The maximum atomic E-state index is 12.5. The molecule has 164 valence electrons. The van der Waals surface area contributed by atoms with E-state index in [9.17, 15) is 9.59 Å². The third kappa shape index (κ3) is 5.02. The highest BCUT2D eigenvalue weighted by molar-refractivity contribution is 5.77. The average Bonchev–Trinajstić information content (AvgIpc) is 3.10. The average molecular weight is 423 g/mol. The fourth-order valence-corrected chi connectivity index (χ4v) is 4.53. The Morgan fingerprint density at radius 2 is 1.81 bits per heavy atom. The number of nitrogens with zero attached hydrogens (tertiary/aromatic N) is 5. The molecule has 0 bridgehead atoms. The lowest BCUT2D eigenvalue weighted by Crippen LogP contribution is -2.38. The summed E-state index contributed by atoms with van der Waals surface area (Å²) in [6.07, 6.45) is 4.18. The summed E-state index contributed by atoms with van der Waals surface area (Å²) in [5.41, 5.74) is 2.57. The van der Waals surface area contributed by atoms with Crippen molar-refractivity contribution in [2.75, 3.05) is 13.1 Å². The lowest BCUT2D eigenvalue weighted by Gasteiger charge is -2.35. The summed E-state index contributed by atoms with van der Waals surface area (Å²) in [5, 5.41) is 7.33. The molecule has 3 heterocycles. The molecule has 1 fully saturated rings. The van der Waals surface area contributed by atoms with Gasteiger partial charge < -0.3 is 5.32 Å². The first-order chi connectivity index (χ1) is 14.9. The molecule has 1 aromatic carbocycles. The van der Waals surface area contributed by atoms with E-state index in [0.29, 0.717) is 17.6 Å². The van der Waals surface area contributed by atoms with E-state index in [1.54, 1.807) is 7.05 Å². The van der Waals surface area contributed by atoms with Gasteiger partial charge >= 0.3 is 0 Å². The van der Waals surface area contributed by atoms with Crippen LogP contribution in [0.4, 0.5) is 0 Å². The van der Waals surface area contributed by atoms with Crippen molar-refractivity contribution in [1.29, 1.82) is 0 Å². The van der Waals surface area contributed by atoms with E-state index < -0.39 is 0 Å². The lowest BCUT2D eigenvalue weighted by atomic mass is 9.91. The van der Waals surface area contributed by atoms with Crippen LogP contribution >= 0.6 is 0 Å². The molecule has 2 atom stereocenters. The van der Waals surface area contributed by atoms with Gasteiger partial charge in [-0.1, -0.05) is 38.1 Å². The molecule has 31 heavy (non-hydrogen) atoms. The Morgan fingerprint density at radius 3 is 2.52 bits per heavy atom. The van der Waals surface area contributed by atoms with Crippen molar-refractivity contribution in [1.82, 2.24) is 29.5 Å². The molecule has 0 spiro atoms. The quantitative estimate of drug-likeness (QED) is 0.656. The number of rotatable bonds is 6. The van der Waals surface area contributed by atoms with Crippen LogP contribution in [0.2, 0.25) is 0 Å². The Labute approximate surface area is 181 Å². The van der Waals surface area contributed by atoms with Crippen molar-refractivity contribution in [2.24, 2.45) is 18.9 Å². The Hall–Kier alpha value is -3.00. The zero-order valence-corrected chi connectivity index (χ0v) is 18.4. The summed E-state index contributed by atoms with van der Waals surface area (Å²) in [6, 6.07) is 8.38. The summed E-state index contributed by atoms with van der Waals surface area (Å²) < 4.78 is 2.85. The Bertz CT molecular complexity index is 1110. The molecule has 0 saturated carbocycles. The largest absolute Gasteiger partial charge is 0.350 e. The Morgan fingerprint density at radius 1 is 1.13 bits per heavy atom. The van der Waals surface area contributed by atoms with Gasteiger partial charge in [-0.3, -0.25) is 23.7 Å².